The lowest BCUT2D eigenvalue weighted by atomic mass is 10.2. The second-order valence-corrected chi connectivity index (χ2v) is 3.33. The van der Waals surface area contributed by atoms with Crippen LogP contribution in [0.4, 0.5) is 0 Å². The average molecular weight is 182 g/mol. The van der Waals surface area contributed by atoms with Gasteiger partial charge in [0, 0.05) is 19.5 Å². The quantitative estimate of drug-likeness (QED) is 0.460. The van der Waals surface area contributed by atoms with E-state index in [9.17, 15) is 4.79 Å². The van der Waals surface area contributed by atoms with E-state index in [0.29, 0.717) is 25.4 Å². The highest BCUT2D eigenvalue weighted by Crippen LogP contribution is 1.86. The number of hydrogen-bond donors (Lipinski definition) is 2. The topological polar surface area (TPSA) is 41.1 Å². The van der Waals surface area contributed by atoms with E-state index in [2.05, 4.69) is 30.4 Å². The van der Waals surface area contributed by atoms with Gasteiger partial charge in [-0.25, -0.2) is 0 Å². The number of carbonyl (C=O) groups is 1. The van der Waals surface area contributed by atoms with Crippen LogP contribution in [0, 0.1) is 18.3 Å². The molecule has 0 radical (unpaired) electrons. The summed E-state index contributed by atoms with van der Waals surface area (Å²) < 4.78 is 0. The SMILES string of the molecule is C#CCCNCC(=O)NCC(C)C. The van der Waals surface area contributed by atoms with Gasteiger partial charge in [-0.05, 0) is 5.92 Å². The molecule has 3 nitrogen and oxygen atoms in total. The van der Waals surface area contributed by atoms with E-state index >= 15 is 0 Å². The molecular weight excluding hydrogens is 164 g/mol. The summed E-state index contributed by atoms with van der Waals surface area (Å²) in [6, 6.07) is 0. The van der Waals surface area contributed by atoms with Gasteiger partial charge < -0.3 is 10.6 Å². The van der Waals surface area contributed by atoms with Crippen LogP contribution in [0.1, 0.15) is 20.3 Å². The van der Waals surface area contributed by atoms with E-state index in [4.69, 9.17) is 6.42 Å². The molecule has 3 heteroatoms. The van der Waals surface area contributed by atoms with Crippen molar-refractivity contribution in [3.05, 3.63) is 0 Å². The summed E-state index contributed by atoms with van der Waals surface area (Å²) >= 11 is 0. The fraction of sp³-hybridized carbons (Fsp3) is 0.700. The largest absolute Gasteiger partial charge is 0.355 e. The maximum atomic E-state index is 11.1. The van der Waals surface area contributed by atoms with Crippen molar-refractivity contribution in [3.63, 3.8) is 0 Å². The molecule has 1 amide bonds. The van der Waals surface area contributed by atoms with E-state index in [1.165, 1.54) is 0 Å². The Kier molecular flexibility index (Phi) is 7.04. The van der Waals surface area contributed by atoms with Gasteiger partial charge in [0.2, 0.25) is 5.91 Å². The Hall–Kier alpha value is -1.01. The zero-order valence-electron chi connectivity index (χ0n) is 8.39. The van der Waals surface area contributed by atoms with Crippen LogP contribution >= 0.6 is 0 Å². The van der Waals surface area contributed by atoms with Crippen LogP contribution in [0.2, 0.25) is 0 Å². The summed E-state index contributed by atoms with van der Waals surface area (Å²) in [5.41, 5.74) is 0. The van der Waals surface area contributed by atoms with Crippen LogP contribution in [0.15, 0.2) is 0 Å². The van der Waals surface area contributed by atoms with E-state index < -0.39 is 0 Å². The number of amides is 1. The molecule has 0 aliphatic rings. The maximum Gasteiger partial charge on any atom is 0.233 e. The molecule has 0 unspecified atom stereocenters. The third kappa shape index (κ3) is 8.90. The molecule has 0 atom stereocenters. The van der Waals surface area contributed by atoms with Crippen LogP contribution < -0.4 is 10.6 Å². The van der Waals surface area contributed by atoms with Crippen molar-refractivity contribution in [2.45, 2.75) is 20.3 Å². The molecule has 0 heterocycles. The standard InChI is InChI=1S/C10H18N2O/c1-4-5-6-11-8-10(13)12-7-9(2)3/h1,9,11H,5-8H2,2-3H3,(H,12,13). The molecule has 0 aromatic carbocycles. The molecule has 2 N–H and O–H groups in total. The summed E-state index contributed by atoms with van der Waals surface area (Å²) in [6.07, 6.45) is 5.72. The minimum atomic E-state index is 0.0331. The van der Waals surface area contributed by atoms with Crippen molar-refractivity contribution in [1.29, 1.82) is 0 Å². The van der Waals surface area contributed by atoms with Gasteiger partial charge in [0.1, 0.15) is 0 Å². The van der Waals surface area contributed by atoms with Crippen LogP contribution in [0.3, 0.4) is 0 Å². The van der Waals surface area contributed by atoms with Crippen LogP contribution in [-0.4, -0.2) is 25.5 Å². The fourth-order valence-corrected chi connectivity index (χ4v) is 0.743. The third-order valence-electron chi connectivity index (χ3n) is 1.44. The van der Waals surface area contributed by atoms with Gasteiger partial charge in [-0.2, -0.15) is 0 Å². The highest BCUT2D eigenvalue weighted by atomic mass is 16.1. The van der Waals surface area contributed by atoms with Gasteiger partial charge in [0.05, 0.1) is 6.54 Å². The molecule has 0 rings (SSSR count). The predicted octanol–water partition coefficient (Wildman–Crippen LogP) is 0.371. The molecule has 0 saturated carbocycles. The lowest BCUT2D eigenvalue weighted by molar-refractivity contribution is -0.120. The summed E-state index contributed by atoms with van der Waals surface area (Å²) in [5, 5.41) is 5.76. The van der Waals surface area contributed by atoms with Crippen LogP contribution in [0.5, 0.6) is 0 Å². The zero-order valence-corrected chi connectivity index (χ0v) is 8.39. The number of terminal acetylenes is 1. The van der Waals surface area contributed by atoms with E-state index in [1.807, 2.05) is 0 Å². The molecule has 0 aromatic rings. The zero-order chi connectivity index (χ0) is 10.1. The first-order valence-electron chi connectivity index (χ1n) is 4.57. The second kappa shape index (κ2) is 7.63. The Morgan fingerprint density at radius 1 is 1.54 bits per heavy atom. The lowest BCUT2D eigenvalue weighted by Gasteiger charge is -2.07. The number of rotatable bonds is 6. The summed E-state index contributed by atoms with van der Waals surface area (Å²) in [5.74, 6) is 3.03. The highest BCUT2D eigenvalue weighted by Gasteiger charge is 2.00. The molecule has 0 aliphatic carbocycles. The van der Waals surface area contributed by atoms with Gasteiger partial charge in [-0.1, -0.05) is 13.8 Å². The second-order valence-electron chi connectivity index (χ2n) is 3.33. The molecule has 0 aliphatic heterocycles. The lowest BCUT2D eigenvalue weighted by Crippen LogP contribution is -2.36. The van der Waals surface area contributed by atoms with Gasteiger partial charge in [-0.3, -0.25) is 4.79 Å². The molecule has 0 fully saturated rings. The minimum Gasteiger partial charge on any atom is -0.355 e. The maximum absolute atomic E-state index is 11.1. The van der Waals surface area contributed by atoms with Crippen molar-refractivity contribution < 1.29 is 4.79 Å². The Morgan fingerprint density at radius 3 is 2.77 bits per heavy atom. The van der Waals surface area contributed by atoms with Crippen molar-refractivity contribution in [1.82, 2.24) is 10.6 Å². The summed E-state index contributed by atoms with van der Waals surface area (Å²) in [7, 11) is 0. The average Bonchev–Trinajstić information content (AvgIpc) is 2.09. The number of hydrogen-bond acceptors (Lipinski definition) is 2. The monoisotopic (exact) mass is 182 g/mol. The third-order valence-corrected chi connectivity index (χ3v) is 1.44. The molecular formula is C10H18N2O. The highest BCUT2D eigenvalue weighted by molar-refractivity contribution is 5.77. The molecule has 0 spiro atoms. The molecule has 0 aromatic heterocycles. The smallest absolute Gasteiger partial charge is 0.233 e. The van der Waals surface area contributed by atoms with E-state index in [0.717, 1.165) is 6.54 Å². The van der Waals surface area contributed by atoms with Crippen LogP contribution in [0.25, 0.3) is 0 Å². The van der Waals surface area contributed by atoms with E-state index in [1.54, 1.807) is 0 Å². The number of nitrogens with one attached hydrogen (secondary N) is 2. The normalized spacial score (nSPS) is 9.69. The predicted molar refractivity (Wildman–Crippen MR) is 54.2 cm³/mol. The first-order valence-corrected chi connectivity index (χ1v) is 4.57. The number of carbonyl (C=O) groups excluding carboxylic acids is 1. The minimum absolute atomic E-state index is 0.0331. The molecule has 74 valence electrons. The van der Waals surface area contributed by atoms with Gasteiger partial charge in [-0.15, -0.1) is 12.3 Å². The Labute approximate surface area is 80.3 Å². The van der Waals surface area contributed by atoms with Gasteiger partial charge >= 0.3 is 0 Å². The fourth-order valence-electron chi connectivity index (χ4n) is 0.743. The molecule has 0 bridgehead atoms. The van der Waals surface area contributed by atoms with Crippen molar-refractivity contribution in [2.75, 3.05) is 19.6 Å². The van der Waals surface area contributed by atoms with Crippen molar-refractivity contribution >= 4 is 5.91 Å². The first-order chi connectivity index (χ1) is 6.16. The molecule has 0 saturated heterocycles. The Bertz CT molecular complexity index is 182. The van der Waals surface area contributed by atoms with Crippen molar-refractivity contribution in [2.24, 2.45) is 5.92 Å². The summed E-state index contributed by atoms with van der Waals surface area (Å²) in [6.45, 7) is 5.91. The first kappa shape index (κ1) is 12.0. The van der Waals surface area contributed by atoms with Gasteiger partial charge in [0.15, 0.2) is 0 Å². The van der Waals surface area contributed by atoms with Crippen LogP contribution in [-0.2, 0) is 4.79 Å². The van der Waals surface area contributed by atoms with Gasteiger partial charge in [0.25, 0.3) is 0 Å². The van der Waals surface area contributed by atoms with E-state index in [-0.39, 0.29) is 5.91 Å². The molecule has 13 heavy (non-hydrogen) atoms. The Morgan fingerprint density at radius 2 is 2.23 bits per heavy atom. The Balaban J connectivity index is 3.26. The van der Waals surface area contributed by atoms with Crippen molar-refractivity contribution in [3.8, 4) is 12.3 Å². The summed E-state index contributed by atoms with van der Waals surface area (Å²) in [4.78, 5) is 11.1.